The third-order valence-corrected chi connectivity index (χ3v) is 11.9. The van der Waals surface area contributed by atoms with Crippen molar-refractivity contribution in [3.05, 3.63) is 80.9 Å². The molecule has 1 saturated carbocycles. The summed E-state index contributed by atoms with van der Waals surface area (Å²) in [7, 11) is 0. The summed E-state index contributed by atoms with van der Waals surface area (Å²) < 4.78 is 18.6. The Kier molecular flexibility index (Phi) is 6.45. The second kappa shape index (κ2) is 10.3. The van der Waals surface area contributed by atoms with E-state index in [9.17, 15) is 9.59 Å². The minimum absolute atomic E-state index is 0.0595. The van der Waals surface area contributed by atoms with Gasteiger partial charge in [-0.1, -0.05) is 29.3 Å². The van der Waals surface area contributed by atoms with Crippen LogP contribution in [0.2, 0.25) is 10.2 Å². The molecule has 3 fully saturated rings. The zero-order chi connectivity index (χ0) is 31.5. The van der Waals surface area contributed by atoms with Crippen LogP contribution in [0.15, 0.2) is 58.8 Å². The summed E-state index contributed by atoms with van der Waals surface area (Å²) >= 11 is 12.8. The zero-order valence-corrected chi connectivity index (χ0v) is 27.0. The number of amidine groups is 1. The van der Waals surface area contributed by atoms with E-state index in [0.717, 1.165) is 74.4 Å². The van der Waals surface area contributed by atoms with Crippen molar-refractivity contribution < 1.29 is 18.6 Å². The molecule has 7 aliphatic rings. The highest BCUT2D eigenvalue weighted by molar-refractivity contribution is 6.31. The van der Waals surface area contributed by atoms with Crippen molar-refractivity contribution in [2.45, 2.75) is 62.6 Å². The van der Waals surface area contributed by atoms with Crippen LogP contribution in [0.1, 0.15) is 56.1 Å². The summed E-state index contributed by atoms with van der Waals surface area (Å²) in [6.45, 7) is 4.90. The number of likely N-dealkylation sites (tertiary alicyclic amines) is 2. The van der Waals surface area contributed by atoms with Crippen molar-refractivity contribution in [1.82, 2.24) is 14.8 Å². The molecule has 2 amide bonds. The van der Waals surface area contributed by atoms with E-state index in [1.807, 2.05) is 30.0 Å². The van der Waals surface area contributed by atoms with Gasteiger partial charge in [0.05, 0.1) is 12.0 Å². The van der Waals surface area contributed by atoms with Gasteiger partial charge in [-0.15, -0.1) is 0 Å². The van der Waals surface area contributed by atoms with Crippen LogP contribution in [0, 0.1) is 17.7 Å². The third kappa shape index (κ3) is 3.91. The Morgan fingerprint density at radius 2 is 1.98 bits per heavy atom. The third-order valence-electron chi connectivity index (χ3n) is 11.4. The number of carbonyl (C=O) groups is 2. The van der Waals surface area contributed by atoms with Crippen LogP contribution in [0.25, 0.3) is 0 Å². The van der Waals surface area contributed by atoms with Gasteiger partial charge in [-0.05, 0) is 85.9 Å². The van der Waals surface area contributed by atoms with E-state index in [-0.39, 0.29) is 35.0 Å². The van der Waals surface area contributed by atoms with Gasteiger partial charge in [0.1, 0.15) is 12.1 Å². The lowest BCUT2D eigenvalue weighted by Crippen LogP contribution is -2.54. The number of nitrogens with zero attached hydrogens (tertiary/aromatic N) is 5. The molecule has 1 aromatic heterocycles. The maximum atomic E-state index is 16.2. The van der Waals surface area contributed by atoms with Gasteiger partial charge in [-0.25, -0.2) is 13.9 Å². The molecule has 5 aliphatic heterocycles. The predicted molar refractivity (Wildman–Crippen MR) is 174 cm³/mol. The number of anilines is 1. The highest BCUT2D eigenvalue weighted by Gasteiger charge is 2.73. The number of piperidine rings is 1. The largest absolute Gasteiger partial charge is 0.339 e. The number of rotatable bonds is 4. The standard InChI is InChI=1S/C35H33Cl2FN6O2/c1-18-21(33(45)42-13-3-2-4-14-42)8-10-25-30(18)41-32-27-26(17-43(25)32)44(16-19-5-6-19)35(28(27)22-11-12-39-31(37)29(22)38)23-9-7-20(36)15-24(23)40-34(35)46/h7-12,15,19,25-28H,2-6,13-14,16-17H2,1H3/p+1/t25?,26-,27+,28-,35+/m0/s1. The molecule has 1 aromatic carbocycles. The number of aromatic nitrogens is 1. The van der Waals surface area contributed by atoms with Crippen LogP contribution in [0.4, 0.5) is 10.1 Å². The minimum Gasteiger partial charge on any atom is -0.339 e. The normalized spacial score (nSPS) is 31.3. The molecule has 11 heteroatoms. The maximum absolute atomic E-state index is 16.2. The van der Waals surface area contributed by atoms with Crippen molar-refractivity contribution >= 4 is 52.3 Å². The first-order valence-corrected chi connectivity index (χ1v) is 17.1. The van der Waals surface area contributed by atoms with Gasteiger partial charge in [0, 0.05) is 59.2 Å². The van der Waals surface area contributed by atoms with E-state index < -0.39 is 17.3 Å². The lowest BCUT2D eigenvalue weighted by molar-refractivity contribution is -0.531. The Hall–Kier alpha value is -3.40. The molecule has 236 valence electrons. The Morgan fingerprint density at radius 3 is 2.76 bits per heavy atom. The Labute approximate surface area is 276 Å². The van der Waals surface area contributed by atoms with Gasteiger partial charge < -0.3 is 10.2 Å². The molecule has 1 N–H and O–H groups in total. The van der Waals surface area contributed by atoms with Crippen molar-refractivity contribution in [1.29, 1.82) is 0 Å². The molecule has 46 heavy (non-hydrogen) atoms. The summed E-state index contributed by atoms with van der Waals surface area (Å²) in [6, 6.07) is 6.96. The van der Waals surface area contributed by atoms with Gasteiger partial charge in [0.25, 0.3) is 5.91 Å². The molecule has 1 unspecified atom stereocenters. The molecule has 0 radical (unpaired) electrons. The van der Waals surface area contributed by atoms with Gasteiger partial charge in [0.15, 0.2) is 17.0 Å². The topological polar surface area (TPSA) is 80.9 Å². The number of hydrogen-bond acceptors (Lipinski definition) is 5. The van der Waals surface area contributed by atoms with E-state index in [2.05, 4.69) is 25.9 Å². The second-order valence-electron chi connectivity index (χ2n) is 13.8. The molecular weight excluding hydrogens is 626 g/mol. The first-order chi connectivity index (χ1) is 22.3. The lowest BCUT2D eigenvalue weighted by atomic mass is 9.71. The fourth-order valence-electron chi connectivity index (χ4n) is 9.15. The fraction of sp³-hybridized carbons (Fsp3) is 0.457. The number of amides is 2. The monoisotopic (exact) mass is 659 g/mol. The number of carbonyl (C=O) groups excluding carboxylic acids is 2. The van der Waals surface area contributed by atoms with Gasteiger partial charge in [-0.3, -0.25) is 14.5 Å². The van der Waals surface area contributed by atoms with Crippen LogP contribution in [-0.2, 0) is 15.1 Å². The minimum atomic E-state index is -1.19. The molecule has 8 nitrogen and oxygen atoms in total. The highest BCUT2D eigenvalue weighted by atomic mass is 35.5. The van der Waals surface area contributed by atoms with Gasteiger partial charge in [0.2, 0.25) is 11.6 Å². The second-order valence-corrected chi connectivity index (χ2v) is 14.6. The number of aliphatic imine (C=N–C) groups is 1. The molecule has 5 atom stereocenters. The maximum Gasteiger partial charge on any atom is 0.300 e. The van der Waals surface area contributed by atoms with Crippen LogP contribution < -0.4 is 5.32 Å². The number of nitrogens with one attached hydrogen (secondary N) is 1. The first kappa shape index (κ1) is 28.8. The van der Waals surface area contributed by atoms with Crippen LogP contribution >= 0.6 is 23.2 Å². The molecular formula is C35H34Cl2FN6O2+. The summed E-state index contributed by atoms with van der Waals surface area (Å²) in [6.07, 6.45) is 11.0. The number of hydrogen-bond donors (Lipinski definition) is 1. The summed E-state index contributed by atoms with van der Waals surface area (Å²) in [5, 5.41) is 3.44. The van der Waals surface area contributed by atoms with Crippen molar-refractivity contribution in [3.63, 3.8) is 0 Å². The van der Waals surface area contributed by atoms with Crippen LogP contribution in [0.5, 0.6) is 0 Å². The smallest absolute Gasteiger partial charge is 0.300 e. The Balaban J connectivity index is 1.21. The first-order valence-electron chi connectivity index (χ1n) is 16.4. The van der Waals surface area contributed by atoms with Crippen LogP contribution in [0.3, 0.4) is 0 Å². The number of pyridine rings is 1. The van der Waals surface area contributed by atoms with E-state index in [1.165, 1.54) is 6.20 Å². The van der Waals surface area contributed by atoms with Gasteiger partial charge >= 0.3 is 5.84 Å². The van der Waals surface area contributed by atoms with E-state index >= 15 is 4.39 Å². The fourth-order valence-corrected chi connectivity index (χ4v) is 9.49. The molecule has 2 aromatic rings. The predicted octanol–water partition coefficient (Wildman–Crippen LogP) is 5.32. The van der Waals surface area contributed by atoms with Gasteiger partial charge in [-0.2, -0.15) is 0 Å². The summed E-state index contributed by atoms with van der Waals surface area (Å²) in [5.41, 5.74) is 3.07. The van der Waals surface area contributed by atoms with Crippen molar-refractivity contribution in [3.8, 4) is 0 Å². The molecule has 6 heterocycles. The number of benzene rings is 1. The van der Waals surface area contributed by atoms with E-state index in [1.54, 1.807) is 12.1 Å². The lowest BCUT2D eigenvalue weighted by Gasteiger charge is -2.40. The van der Waals surface area contributed by atoms with E-state index in [4.69, 9.17) is 28.2 Å². The average molecular weight is 661 g/mol. The molecule has 2 saturated heterocycles. The highest BCUT2D eigenvalue weighted by Crippen LogP contribution is 2.62. The Bertz CT molecular complexity index is 1860. The molecule has 9 rings (SSSR count). The molecule has 1 spiro atoms. The quantitative estimate of drug-likeness (QED) is 0.356. The SMILES string of the molecule is CC1=C(C(=O)N2CCCCC2)C=CC2C1=NC1=[N+]2C[C@H]2[C@@H]1[C@H](c1ccnc(Cl)c1F)[C@]1(C(=O)Nc3cc(Cl)ccc31)N2CC1CC1. The molecule has 2 aliphatic carbocycles. The van der Waals surface area contributed by atoms with Crippen molar-refractivity contribution in [2.24, 2.45) is 16.8 Å². The van der Waals surface area contributed by atoms with Crippen molar-refractivity contribution in [2.75, 3.05) is 31.5 Å². The average Bonchev–Trinajstić information content (AvgIpc) is 3.49. The zero-order valence-electron chi connectivity index (χ0n) is 25.5. The number of fused-ring (bicyclic) bond motifs is 6. The Morgan fingerprint density at radius 1 is 1.17 bits per heavy atom. The summed E-state index contributed by atoms with van der Waals surface area (Å²) in [4.78, 5) is 41.8. The number of halogens is 3. The molecule has 0 bridgehead atoms. The van der Waals surface area contributed by atoms with E-state index in [0.29, 0.717) is 34.3 Å². The summed E-state index contributed by atoms with van der Waals surface area (Å²) in [5.74, 6) is -0.365. The van der Waals surface area contributed by atoms with Crippen LogP contribution in [-0.4, -0.2) is 81.0 Å².